The molecular weight excluding hydrogens is 325 g/mol. The molecular formula is C18H16FN3O3. The zero-order valence-corrected chi connectivity index (χ0v) is 13.4. The van der Waals surface area contributed by atoms with E-state index in [1.165, 1.54) is 24.3 Å². The fourth-order valence-corrected chi connectivity index (χ4v) is 2.50. The highest BCUT2D eigenvalue weighted by molar-refractivity contribution is 5.92. The Balaban J connectivity index is 1.79. The van der Waals surface area contributed by atoms with Gasteiger partial charge in [0.05, 0.1) is 23.0 Å². The lowest BCUT2D eigenvalue weighted by Crippen LogP contribution is -2.38. The average molecular weight is 341 g/mol. The first kappa shape index (κ1) is 16.8. The molecule has 0 bridgehead atoms. The van der Waals surface area contributed by atoms with Crippen LogP contribution in [-0.2, 0) is 0 Å². The molecule has 0 saturated carbocycles. The predicted molar refractivity (Wildman–Crippen MR) is 90.7 cm³/mol. The van der Waals surface area contributed by atoms with Crippen LogP contribution < -0.4 is 10.9 Å². The summed E-state index contributed by atoms with van der Waals surface area (Å²) < 4.78 is 13.0. The van der Waals surface area contributed by atoms with E-state index < -0.39 is 29.4 Å². The molecule has 25 heavy (non-hydrogen) atoms. The Morgan fingerprint density at radius 3 is 2.60 bits per heavy atom. The monoisotopic (exact) mass is 341 g/mol. The number of hydrogen-bond acceptors (Lipinski definition) is 4. The number of aliphatic hydroxyl groups is 1. The molecule has 0 aliphatic rings. The van der Waals surface area contributed by atoms with Crippen molar-refractivity contribution in [3.8, 4) is 0 Å². The molecule has 1 aromatic heterocycles. The van der Waals surface area contributed by atoms with Gasteiger partial charge >= 0.3 is 0 Å². The highest BCUT2D eigenvalue weighted by Gasteiger charge is 2.20. The molecule has 0 spiro atoms. The zero-order valence-electron chi connectivity index (χ0n) is 13.4. The smallest absolute Gasteiger partial charge is 0.287 e. The number of H-pyrrole nitrogens is 1. The van der Waals surface area contributed by atoms with Crippen molar-refractivity contribution in [2.45, 2.75) is 19.1 Å². The number of nitrogens with zero attached hydrogens (tertiary/aromatic N) is 1. The molecule has 3 rings (SSSR count). The van der Waals surface area contributed by atoms with Crippen LogP contribution in [-0.4, -0.2) is 27.0 Å². The Labute approximate surface area is 142 Å². The number of aliphatic hydroxyl groups excluding tert-OH is 1. The molecule has 128 valence electrons. The predicted octanol–water partition coefficient (Wildman–Crippen LogP) is 1.91. The number of nitrogens with one attached hydrogen (secondary N) is 2. The Kier molecular flexibility index (Phi) is 4.58. The van der Waals surface area contributed by atoms with Crippen LogP contribution >= 0.6 is 0 Å². The molecule has 2 aromatic carbocycles. The molecule has 0 unspecified atom stereocenters. The summed E-state index contributed by atoms with van der Waals surface area (Å²) in [5, 5.41) is 13.2. The van der Waals surface area contributed by atoms with Crippen molar-refractivity contribution in [1.29, 1.82) is 0 Å². The van der Waals surface area contributed by atoms with E-state index in [1.54, 1.807) is 31.2 Å². The second-order valence-electron chi connectivity index (χ2n) is 5.69. The SMILES string of the molecule is C[C@@H](NC(=O)c1nc2ccccc2c(=O)[nH]1)[C@@H](O)c1ccc(F)cc1. The number of aromatic amines is 1. The number of halogens is 1. The standard InChI is InChI=1S/C18H16FN3O3/c1-10(15(23)11-6-8-12(19)9-7-11)20-18(25)16-21-14-5-3-2-4-13(14)17(24)22-16/h2-10,15,23H,1H3,(H,20,25)(H,21,22,24)/t10-,15-/m1/s1. The molecule has 3 N–H and O–H groups in total. The van der Waals surface area contributed by atoms with Crippen molar-refractivity contribution in [2.75, 3.05) is 0 Å². The third-order valence-corrected chi connectivity index (χ3v) is 3.87. The molecule has 0 saturated heterocycles. The summed E-state index contributed by atoms with van der Waals surface area (Å²) in [4.78, 5) is 30.9. The van der Waals surface area contributed by atoms with E-state index in [0.29, 0.717) is 16.5 Å². The minimum Gasteiger partial charge on any atom is -0.386 e. The van der Waals surface area contributed by atoms with E-state index in [9.17, 15) is 19.1 Å². The van der Waals surface area contributed by atoms with E-state index in [2.05, 4.69) is 15.3 Å². The van der Waals surface area contributed by atoms with Crippen molar-refractivity contribution in [1.82, 2.24) is 15.3 Å². The van der Waals surface area contributed by atoms with Crippen molar-refractivity contribution < 1.29 is 14.3 Å². The minimum absolute atomic E-state index is 0.137. The normalized spacial score (nSPS) is 13.4. The third-order valence-electron chi connectivity index (χ3n) is 3.87. The molecule has 0 fully saturated rings. The van der Waals surface area contributed by atoms with E-state index in [1.807, 2.05) is 0 Å². The lowest BCUT2D eigenvalue weighted by Gasteiger charge is -2.20. The number of fused-ring (bicyclic) bond motifs is 1. The lowest BCUT2D eigenvalue weighted by atomic mass is 10.0. The zero-order chi connectivity index (χ0) is 18.0. The van der Waals surface area contributed by atoms with Gasteiger partial charge in [-0.05, 0) is 36.8 Å². The summed E-state index contributed by atoms with van der Waals surface area (Å²) in [6, 6.07) is 11.4. The van der Waals surface area contributed by atoms with Crippen molar-refractivity contribution in [3.63, 3.8) is 0 Å². The van der Waals surface area contributed by atoms with E-state index >= 15 is 0 Å². The second-order valence-corrected chi connectivity index (χ2v) is 5.69. The largest absolute Gasteiger partial charge is 0.386 e. The quantitative estimate of drug-likeness (QED) is 0.675. The summed E-state index contributed by atoms with van der Waals surface area (Å²) in [5.74, 6) is -1.16. The van der Waals surface area contributed by atoms with Gasteiger partial charge in [0, 0.05) is 0 Å². The number of benzene rings is 2. The first-order valence-electron chi connectivity index (χ1n) is 7.69. The number of rotatable bonds is 4. The Hall–Kier alpha value is -3.06. The van der Waals surface area contributed by atoms with Gasteiger partial charge in [-0.1, -0.05) is 24.3 Å². The van der Waals surface area contributed by atoms with E-state index in [-0.39, 0.29) is 5.82 Å². The topological polar surface area (TPSA) is 95.1 Å². The first-order chi connectivity index (χ1) is 12.0. The maximum absolute atomic E-state index is 13.0. The Morgan fingerprint density at radius 1 is 1.20 bits per heavy atom. The van der Waals surface area contributed by atoms with Crippen molar-refractivity contribution in [3.05, 3.63) is 76.1 Å². The van der Waals surface area contributed by atoms with Crippen LogP contribution in [0.3, 0.4) is 0 Å². The highest BCUT2D eigenvalue weighted by Crippen LogP contribution is 2.17. The molecule has 2 atom stereocenters. The molecule has 3 aromatic rings. The number of para-hydroxylation sites is 1. The molecule has 0 aliphatic heterocycles. The number of aromatic nitrogens is 2. The van der Waals surface area contributed by atoms with Crippen molar-refractivity contribution in [2.24, 2.45) is 0 Å². The van der Waals surface area contributed by atoms with Gasteiger partial charge in [-0.3, -0.25) is 9.59 Å². The number of hydrogen-bond donors (Lipinski definition) is 3. The third kappa shape index (κ3) is 3.56. The fourth-order valence-electron chi connectivity index (χ4n) is 2.50. The van der Waals surface area contributed by atoms with Crippen LogP contribution in [0.1, 0.15) is 29.2 Å². The van der Waals surface area contributed by atoms with Crippen LogP contribution in [0.2, 0.25) is 0 Å². The molecule has 0 aliphatic carbocycles. The van der Waals surface area contributed by atoms with Crippen LogP contribution in [0.5, 0.6) is 0 Å². The molecule has 1 heterocycles. The van der Waals surface area contributed by atoms with Crippen LogP contribution in [0.15, 0.2) is 53.3 Å². The molecule has 1 amide bonds. The second kappa shape index (κ2) is 6.82. The average Bonchev–Trinajstić information content (AvgIpc) is 2.61. The van der Waals surface area contributed by atoms with Crippen LogP contribution in [0, 0.1) is 5.82 Å². The van der Waals surface area contributed by atoms with E-state index in [0.717, 1.165) is 0 Å². The van der Waals surface area contributed by atoms with Gasteiger partial charge in [0.1, 0.15) is 5.82 Å². The summed E-state index contributed by atoms with van der Waals surface area (Å²) >= 11 is 0. The van der Waals surface area contributed by atoms with Crippen molar-refractivity contribution >= 4 is 16.8 Å². The van der Waals surface area contributed by atoms with Gasteiger partial charge in [0.2, 0.25) is 0 Å². The maximum Gasteiger partial charge on any atom is 0.287 e. The van der Waals surface area contributed by atoms with Crippen LogP contribution in [0.4, 0.5) is 4.39 Å². The minimum atomic E-state index is -1.03. The summed E-state index contributed by atoms with van der Waals surface area (Å²) in [5.41, 5.74) is 0.458. The summed E-state index contributed by atoms with van der Waals surface area (Å²) in [6.07, 6.45) is -1.03. The fraction of sp³-hybridized carbons (Fsp3) is 0.167. The number of carbonyl (C=O) groups excluding carboxylic acids is 1. The highest BCUT2D eigenvalue weighted by atomic mass is 19.1. The first-order valence-corrected chi connectivity index (χ1v) is 7.69. The number of amides is 1. The Morgan fingerprint density at radius 2 is 1.88 bits per heavy atom. The van der Waals surface area contributed by atoms with Gasteiger partial charge in [-0.15, -0.1) is 0 Å². The van der Waals surface area contributed by atoms with Gasteiger partial charge in [-0.2, -0.15) is 0 Å². The number of carbonyl (C=O) groups is 1. The Bertz CT molecular complexity index is 969. The van der Waals surface area contributed by atoms with Gasteiger partial charge < -0.3 is 15.4 Å². The maximum atomic E-state index is 13.0. The van der Waals surface area contributed by atoms with Gasteiger partial charge in [0.25, 0.3) is 11.5 Å². The van der Waals surface area contributed by atoms with Crippen LogP contribution in [0.25, 0.3) is 10.9 Å². The lowest BCUT2D eigenvalue weighted by molar-refractivity contribution is 0.0842. The molecule has 0 radical (unpaired) electrons. The van der Waals surface area contributed by atoms with E-state index in [4.69, 9.17) is 0 Å². The molecule has 7 heteroatoms. The summed E-state index contributed by atoms with van der Waals surface area (Å²) in [7, 11) is 0. The summed E-state index contributed by atoms with van der Waals surface area (Å²) in [6.45, 7) is 1.60. The van der Waals surface area contributed by atoms with Gasteiger partial charge in [-0.25, -0.2) is 9.37 Å². The van der Waals surface area contributed by atoms with Gasteiger partial charge in [0.15, 0.2) is 5.82 Å². The molecule has 6 nitrogen and oxygen atoms in total.